The van der Waals surface area contributed by atoms with Crippen LogP contribution in [0.1, 0.15) is 33.1 Å². The summed E-state index contributed by atoms with van der Waals surface area (Å²) in [6.45, 7) is 4.02. The Morgan fingerprint density at radius 2 is 2.00 bits per heavy atom. The van der Waals surface area contributed by atoms with Gasteiger partial charge in [0.2, 0.25) is 0 Å². The summed E-state index contributed by atoms with van der Waals surface area (Å²) in [5.41, 5.74) is 0. The van der Waals surface area contributed by atoms with Gasteiger partial charge < -0.3 is 4.74 Å². The third-order valence-electron chi connectivity index (χ3n) is 1.45. The summed E-state index contributed by atoms with van der Waals surface area (Å²) in [5.74, 6) is 0. The van der Waals surface area contributed by atoms with Crippen LogP contribution in [0.5, 0.6) is 0 Å². The normalized spacial score (nSPS) is 21.4. The molecule has 0 atom stereocenters. The van der Waals surface area contributed by atoms with Crippen molar-refractivity contribution in [3.8, 4) is 0 Å². The van der Waals surface area contributed by atoms with Gasteiger partial charge in [0.1, 0.15) is 0 Å². The van der Waals surface area contributed by atoms with Crippen molar-refractivity contribution in [1.82, 2.24) is 0 Å². The molecule has 1 nitrogen and oxygen atoms in total. The van der Waals surface area contributed by atoms with Crippen LogP contribution in [0.4, 0.5) is 0 Å². The lowest BCUT2D eigenvalue weighted by Crippen LogP contribution is -2.21. The van der Waals surface area contributed by atoms with Crippen LogP contribution in [-0.2, 0) is 4.74 Å². The van der Waals surface area contributed by atoms with Gasteiger partial charge >= 0.3 is 0 Å². The van der Waals surface area contributed by atoms with Crippen molar-refractivity contribution in [3.63, 3.8) is 0 Å². The maximum absolute atomic E-state index is 5.40. The van der Waals surface area contributed by atoms with Crippen LogP contribution in [0.3, 0.4) is 0 Å². The molecule has 1 rings (SSSR count). The van der Waals surface area contributed by atoms with E-state index in [-0.39, 0.29) is 0 Å². The van der Waals surface area contributed by atoms with Crippen molar-refractivity contribution in [2.75, 3.05) is 0 Å². The monoisotopic (exact) mass is 113 g/mol. The summed E-state index contributed by atoms with van der Waals surface area (Å²) in [7, 11) is 0. The Balaban J connectivity index is 2.01. The van der Waals surface area contributed by atoms with Gasteiger partial charge in [0.15, 0.2) is 0 Å². The first-order valence-electron chi connectivity index (χ1n) is 3.26. The van der Waals surface area contributed by atoms with E-state index in [1.54, 1.807) is 0 Å². The molecule has 0 aromatic rings. The van der Waals surface area contributed by atoms with Gasteiger partial charge in [-0.15, -0.1) is 0 Å². The molecule has 1 aliphatic carbocycles. The molecule has 1 heteroatoms. The molecule has 0 unspecified atom stereocenters. The van der Waals surface area contributed by atoms with Gasteiger partial charge in [-0.1, -0.05) is 0 Å². The molecule has 0 bridgehead atoms. The number of ether oxygens (including phenoxy) is 1. The zero-order valence-electron chi connectivity index (χ0n) is 5.61. The molecule has 0 spiro atoms. The molecule has 0 aromatic carbocycles. The molecule has 0 N–H and O–H groups in total. The minimum absolute atomic E-state index is 0.569. The highest BCUT2D eigenvalue weighted by Crippen LogP contribution is 2.24. The van der Waals surface area contributed by atoms with Gasteiger partial charge in [0.05, 0.1) is 12.2 Å². The smallest absolute Gasteiger partial charge is 0.0913 e. The van der Waals surface area contributed by atoms with Crippen molar-refractivity contribution in [3.05, 3.63) is 6.10 Å². The fraction of sp³-hybridized carbons (Fsp3) is 0.857. The Kier molecular flexibility index (Phi) is 1.90. The first-order chi connectivity index (χ1) is 3.79. The van der Waals surface area contributed by atoms with Crippen molar-refractivity contribution in [2.24, 2.45) is 0 Å². The van der Waals surface area contributed by atoms with Crippen LogP contribution in [0.15, 0.2) is 0 Å². The minimum atomic E-state index is 0.569. The van der Waals surface area contributed by atoms with Crippen molar-refractivity contribution >= 4 is 0 Å². The highest BCUT2D eigenvalue weighted by molar-refractivity contribution is 4.74. The first kappa shape index (κ1) is 6.09. The Morgan fingerprint density at radius 3 is 2.12 bits per heavy atom. The summed E-state index contributed by atoms with van der Waals surface area (Å²) >= 11 is 0. The maximum atomic E-state index is 5.40. The zero-order chi connectivity index (χ0) is 5.98. The van der Waals surface area contributed by atoms with Gasteiger partial charge in [-0.05, 0) is 33.1 Å². The molecular formula is C7H13O. The molecule has 47 valence electrons. The maximum Gasteiger partial charge on any atom is 0.0913 e. The van der Waals surface area contributed by atoms with E-state index >= 15 is 0 Å². The molecule has 1 fully saturated rings. The van der Waals surface area contributed by atoms with E-state index in [9.17, 15) is 0 Å². The van der Waals surface area contributed by atoms with Crippen LogP contribution >= 0.6 is 0 Å². The topological polar surface area (TPSA) is 9.23 Å². The zero-order valence-corrected chi connectivity index (χ0v) is 5.61. The molecule has 0 aromatic heterocycles. The van der Waals surface area contributed by atoms with Gasteiger partial charge in [0, 0.05) is 0 Å². The molecular weight excluding hydrogens is 100 g/mol. The highest BCUT2D eigenvalue weighted by Gasteiger charge is 2.18. The van der Waals surface area contributed by atoms with E-state index in [2.05, 4.69) is 0 Å². The molecule has 1 saturated carbocycles. The summed E-state index contributed by atoms with van der Waals surface area (Å²) in [6.07, 6.45) is 5.57. The molecule has 1 radical (unpaired) electrons. The highest BCUT2D eigenvalue weighted by atomic mass is 16.5. The van der Waals surface area contributed by atoms with E-state index in [4.69, 9.17) is 4.74 Å². The molecule has 0 amide bonds. The predicted octanol–water partition coefficient (Wildman–Crippen LogP) is 2.13. The largest absolute Gasteiger partial charge is 0.369 e. The summed E-state index contributed by atoms with van der Waals surface area (Å²) < 4.78 is 5.40. The Hall–Kier alpha value is -0.0400. The van der Waals surface area contributed by atoms with Crippen LogP contribution in [0.25, 0.3) is 0 Å². The minimum Gasteiger partial charge on any atom is -0.369 e. The predicted molar refractivity (Wildman–Crippen MR) is 33.3 cm³/mol. The van der Waals surface area contributed by atoms with Gasteiger partial charge in [-0.2, -0.15) is 0 Å². The van der Waals surface area contributed by atoms with Gasteiger partial charge in [0.25, 0.3) is 0 Å². The SMILES string of the molecule is C[C](C)OC1CCC1. The van der Waals surface area contributed by atoms with Crippen LogP contribution in [-0.4, -0.2) is 6.10 Å². The Bertz CT molecular complexity index is 64.8. The van der Waals surface area contributed by atoms with Crippen LogP contribution in [0, 0.1) is 6.10 Å². The molecule has 0 saturated heterocycles. The molecule has 0 heterocycles. The number of rotatable bonds is 2. The van der Waals surface area contributed by atoms with E-state index in [1.165, 1.54) is 19.3 Å². The molecule has 0 aliphatic heterocycles. The lowest BCUT2D eigenvalue weighted by molar-refractivity contribution is 0.0177. The fourth-order valence-electron chi connectivity index (χ4n) is 0.822. The second-order valence-electron chi connectivity index (χ2n) is 2.58. The lowest BCUT2D eigenvalue weighted by atomic mass is 9.96. The van der Waals surface area contributed by atoms with Crippen molar-refractivity contribution in [1.29, 1.82) is 0 Å². The van der Waals surface area contributed by atoms with Crippen molar-refractivity contribution < 1.29 is 4.74 Å². The fourth-order valence-corrected chi connectivity index (χ4v) is 0.822. The van der Waals surface area contributed by atoms with E-state index in [1.807, 2.05) is 13.8 Å². The van der Waals surface area contributed by atoms with Crippen molar-refractivity contribution in [2.45, 2.75) is 39.2 Å². The molecule has 8 heavy (non-hydrogen) atoms. The summed E-state index contributed by atoms with van der Waals surface area (Å²) in [5, 5.41) is 0. The van der Waals surface area contributed by atoms with Crippen LogP contribution in [0.2, 0.25) is 0 Å². The average molecular weight is 113 g/mol. The first-order valence-corrected chi connectivity index (χ1v) is 3.26. The van der Waals surface area contributed by atoms with E-state index in [0.29, 0.717) is 6.10 Å². The van der Waals surface area contributed by atoms with E-state index in [0.717, 1.165) is 6.10 Å². The second-order valence-corrected chi connectivity index (χ2v) is 2.58. The average Bonchev–Trinajstić information content (AvgIpc) is 1.55. The third-order valence-corrected chi connectivity index (χ3v) is 1.45. The summed E-state index contributed by atoms with van der Waals surface area (Å²) in [6, 6.07) is 0. The Labute approximate surface area is 51.0 Å². The Morgan fingerprint density at radius 1 is 1.38 bits per heavy atom. The summed E-state index contributed by atoms with van der Waals surface area (Å²) in [4.78, 5) is 0. The second kappa shape index (κ2) is 2.49. The number of hydrogen-bond donors (Lipinski definition) is 0. The third kappa shape index (κ3) is 1.48. The van der Waals surface area contributed by atoms with Gasteiger partial charge in [-0.25, -0.2) is 0 Å². The molecule has 1 aliphatic rings. The van der Waals surface area contributed by atoms with Gasteiger partial charge in [-0.3, -0.25) is 0 Å². The quantitative estimate of drug-likeness (QED) is 0.533. The van der Waals surface area contributed by atoms with E-state index < -0.39 is 0 Å². The standard InChI is InChI=1S/C7H13O/c1-6(2)8-7-4-3-5-7/h7H,3-5H2,1-2H3. The lowest BCUT2D eigenvalue weighted by Gasteiger charge is -2.26. The number of hydrogen-bond acceptors (Lipinski definition) is 1. The van der Waals surface area contributed by atoms with Crippen LogP contribution < -0.4 is 0 Å².